The van der Waals surface area contributed by atoms with Gasteiger partial charge in [-0.25, -0.2) is 8.42 Å². The van der Waals surface area contributed by atoms with Crippen molar-refractivity contribution in [1.82, 2.24) is 4.31 Å². The maximum absolute atomic E-state index is 12.7. The van der Waals surface area contributed by atoms with Gasteiger partial charge in [0.2, 0.25) is 10.0 Å². The molecule has 0 aliphatic carbocycles. The van der Waals surface area contributed by atoms with Gasteiger partial charge in [-0.2, -0.15) is 4.31 Å². The summed E-state index contributed by atoms with van der Waals surface area (Å²) >= 11 is 0. The van der Waals surface area contributed by atoms with Crippen molar-refractivity contribution in [3.63, 3.8) is 0 Å². The van der Waals surface area contributed by atoms with E-state index in [1.165, 1.54) is 16.4 Å². The van der Waals surface area contributed by atoms with Gasteiger partial charge in [0.15, 0.2) is 0 Å². The highest BCUT2D eigenvalue weighted by Gasteiger charge is 2.28. The Morgan fingerprint density at radius 3 is 2.67 bits per heavy atom. The third kappa shape index (κ3) is 5.47. The molecule has 0 bridgehead atoms. The summed E-state index contributed by atoms with van der Waals surface area (Å²) in [4.78, 5) is 10.8. The second-order valence-electron chi connectivity index (χ2n) is 6.90. The van der Waals surface area contributed by atoms with E-state index < -0.39 is 14.9 Å². The van der Waals surface area contributed by atoms with Crippen LogP contribution in [0.3, 0.4) is 0 Å². The highest BCUT2D eigenvalue weighted by atomic mass is 32.2. The third-order valence-corrected chi connectivity index (χ3v) is 6.56. The molecule has 0 atom stereocenters. The van der Waals surface area contributed by atoms with Crippen LogP contribution in [0.1, 0.15) is 12.0 Å². The van der Waals surface area contributed by atoms with Gasteiger partial charge in [0.1, 0.15) is 11.4 Å². The molecular formula is C20H25N3O6S. The predicted octanol–water partition coefficient (Wildman–Crippen LogP) is 2.81. The lowest BCUT2D eigenvalue weighted by Crippen LogP contribution is -2.40. The van der Waals surface area contributed by atoms with Gasteiger partial charge in [-0.15, -0.1) is 0 Å². The van der Waals surface area contributed by atoms with Crippen LogP contribution in [0.2, 0.25) is 0 Å². The van der Waals surface area contributed by atoms with Crippen LogP contribution in [-0.4, -0.2) is 57.1 Å². The Kier molecular flexibility index (Phi) is 7.24. The largest absolute Gasteiger partial charge is 0.494 e. The molecule has 0 spiro atoms. The minimum atomic E-state index is -3.80. The van der Waals surface area contributed by atoms with Crippen LogP contribution in [0.5, 0.6) is 5.75 Å². The number of sulfonamides is 1. The molecule has 1 fully saturated rings. The molecular weight excluding hydrogens is 410 g/mol. The van der Waals surface area contributed by atoms with E-state index in [0.717, 1.165) is 17.4 Å². The Bertz CT molecular complexity index is 990. The number of nitro groups is 1. The van der Waals surface area contributed by atoms with Gasteiger partial charge in [0.25, 0.3) is 5.69 Å². The quantitative estimate of drug-likeness (QED) is 0.366. The smallest absolute Gasteiger partial charge is 0.293 e. The van der Waals surface area contributed by atoms with Crippen LogP contribution in [0.15, 0.2) is 47.4 Å². The first kappa shape index (κ1) is 22.0. The van der Waals surface area contributed by atoms with Gasteiger partial charge in [-0.3, -0.25) is 10.1 Å². The first-order chi connectivity index (χ1) is 14.4. The summed E-state index contributed by atoms with van der Waals surface area (Å²) in [5.41, 5.74) is 1.11. The number of hydrogen-bond donors (Lipinski definition) is 1. The number of rotatable bonds is 9. The van der Waals surface area contributed by atoms with E-state index in [1.54, 1.807) is 0 Å². The molecule has 0 aromatic heterocycles. The number of anilines is 1. The van der Waals surface area contributed by atoms with Crippen LogP contribution in [0.25, 0.3) is 0 Å². The molecule has 0 radical (unpaired) electrons. The number of morpholine rings is 1. The van der Waals surface area contributed by atoms with Crippen molar-refractivity contribution in [2.45, 2.75) is 18.2 Å². The molecule has 1 saturated heterocycles. The first-order valence-electron chi connectivity index (χ1n) is 9.67. The maximum Gasteiger partial charge on any atom is 0.293 e. The predicted molar refractivity (Wildman–Crippen MR) is 112 cm³/mol. The monoisotopic (exact) mass is 435 g/mol. The molecule has 1 N–H and O–H groups in total. The number of aryl methyl sites for hydroxylation is 1. The van der Waals surface area contributed by atoms with Crippen molar-refractivity contribution in [2.24, 2.45) is 0 Å². The van der Waals surface area contributed by atoms with Gasteiger partial charge in [0.05, 0.1) is 29.6 Å². The molecule has 10 heteroatoms. The van der Waals surface area contributed by atoms with E-state index >= 15 is 0 Å². The number of benzene rings is 2. The van der Waals surface area contributed by atoms with E-state index in [-0.39, 0.29) is 29.4 Å². The van der Waals surface area contributed by atoms with E-state index in [1.807, 2.05) is 31.2 Å². The lowest BCUT2D eigenvalue weighted by molar-refractivity contribution is -0.384. The second kappa shape index (κ2) is 9.88. The Labute approximate surface area is 175 Å². The van der Waals surface area contributed by atoms with E-state index in [2.05, 4.69) is 5.32 Å². The van der Waals surface area contributed by atoms with Crippen molar-refractivity contribution in [2.75, 3.05) is 44.8 Å². The molecule has 3 rings (SSSR count). The third-order valence-electron chi connectivity index (χ3n) is 4.67. The molecule has 2 aromatic carbocycles. The average Bonchev–Trinajstić information content (AvgIpc) is 2.74. The maximum atomic E-state index is 12.7. The van der Waals surface area contributed by atoms with Crippen molar-refractivity contribution < 1.29 is 22.8 Å². The SMILES string of the molecule is Cc1cccc(OCCCNc2ccc(S(=O)(=O)N3CCOCC3)cc2[N+](=O)[O-])c1. The average molecular weight is 436 g/mol. The lowest BCUT2D eigenvalue weighted by Gasteiger charge is -2.26. The standard InChI is InChI=1S/C20H25N3O6S/c1-16-4-2-5-17(14-16)29-11-3-8-21-19-7-6-18(15-20(19)23(24)25)30(26,27)22-9-12-28-13-10-22/h2,4-7,14-15,21H,3,8-13H2,1H3. The van der Waals surface area contributed by atoms with Crippen LogP contribution in [0.4, 0.5) is 11.4 Å². The summed E-state index contributed by atoms with van der Waals surface area (Å²) in [6.07, 6.45) is 0.624. The first-order valence-corrected chi connectivity index (χ1v) is 11.1. The minimum absolute atomic E-state index is 0.0931. The van der Waals surface area contributed by atoms with Crippen molar-refractivity contribution in [3.05, 3.63) is 58.1 Å². The summed E-state index contributed by atoms with van der Waals surface area (Å²) in [6.45, 7) is 3.97. The van der Waals surface area contributed by atoms with Crippen molar-refractivity contribution in [3.8, 4) is 5.75 Å². The van der Waals surface area contributed by atoms with Crippen LogP contribution in [0, 0.1) is 17.0 Å². The molecule has 2 aromatic rings. The molecule has 0 saturated carbocycles. The summed E-state index contributed by atoms with van der Waals surface area (Å²) in [5.74, 6) is 0.777. The number of nitrogens with one attached hydrogen (secondary N) is 1. The second-order valence-corrected chi connectivity index (χ2v) is 8.84. The molecule has 0 amide bonds. The highest BCUT2D eigenvalue weighted by molar-refractivity contribution is 7.89. The highest BCUT2D eigenvalue weighted by Crippen LogP contribution is 2.29. The topological polar surface area (TPSA) is 111 Å². The van der Waals surface area contributed by atoms with E-state index in [0.29, 0.717) is 32.8 Å². The summed E-state index contributed by atoms with van der Waals surface area (Å²) < 4.78 is 37.6. The van der Waals surface area contributed by atoms with Crippen LogP contribution < -0.4 is 10.1 Å². The fourth-order valence-electron chi connectivity index (χ4n) is 3.10. The summed E-state index contributed by atoms with van der Waals surface area (Å²) in [7, 11) is -3.80. The molecule has 0 unspecified atom stereocenters. The minimum Gasteiger partial charge on any atom is -0.494 e. The molecule has 162 valence electrons. The molecule has 1 heterocycles. The van der Waals surface area contributed by atoms with Crippen molar-refractivity contribution in [1.29, 1.82) is 0 Å². The summed E-state index contributed by atoms with van der Waals surface area (Å²) in [5, 5.41) is 14.5. The summed E-state index contributed by atoms with van der Waals surface area (Å²) in [6, 6.07) is 11.6. The zero-order valence-electron chi connectivity index (χ0n) is 16.7. The van der Waals surface area contributed by atoms with Gasteiger partial charge < -0.3 is 14.8 Å². The normalized spacial score (nSPS) is 15.0. The Morgan fingerprint density at radius 1 is 1.20 bits per heavy atom. The molecule has 1 aliphatic rings. The fourth-order valence-corrected chi connectivity index (χ4v) is 4.53. The zero-order valence-corrected chi connectivity index (χ0v) is 17.6. The molecule has 30 heavy (non-hydrogen) atoms. The van der Waals surface area contributed by atoms with Gasteiger partial charge in [-0.05, 0) is 43.2 Å². The lowest BCUT2D eigenvalue weighted by atomic mass is 10.2. The number of ether oxygens (including phenoxy) is 2. The van der Waals surface area contributed by atoms with Gasteiger partial charge in [0, 0.05) is 25.7 Å². The number of nitrogens with zero attached hydrogens (tertiary/aromatic N) is 2. The molecule has 1 aliphatic heterocycles. The Morgan fingerprint density at radius 2 is 1.97 bits per heavy atom. The Hall–Kier alpha value is -2.69. The van der Waals surface area contributed by atoms with E-state index in [4.69, 9.17) is 9.47 Å². The van der Waals surface area contributed by atoms with Gasteiger partial charge >= 0.3 is 0 Å². The van der Waals surface area contributed by atoms with Crippen LogP contribution >= 0.6 is 0 Å². The zero-order chi connectivity index (χ0) is 21.6. The molecule has 9 nitrogen and oxygen atoms in total. The van der Waals surface area contributed by atoms with E-state index in [9.17, 15) is 18.5 Å². The Balaban J connectivity index is 1.61. The number of hydrogen-bond acceptors (Lipinski definition) is 7. The van der Waals surface area contributed by atoms with Crippen molar-refractivity contribution >= 4 is 21.4 Å². The van der Waals surface area contributed by atoms with Gasteiger partial charge in [-0.1, -0.05) is 12.1 Å². The fraction of sp³-hybridized carbons (Fsp3) is 0.400. The van der Waals surface area contributed by atoms with Crippen LogP contribution in [-0.2, 0) is 14.8 Å². The number of nitro benzene ring substituents is 1.